The Morgan fingerprint density at radius 1 is 0.884 bits per heavy atom. The number of imidazole rings is 1. The number of aryl methyl sites for hydroxylation is 1. The van der Waals surface area contributed by atoms with Gasteiger partial charge in [0.25, 0.3) is 5.78 Å². The molecule has 6 aromatic rings. The number of ketones is 1. The number of nitrogens with zero attached hydrogens (tertiary/aromatic N) is 4. The summed E-state index contributed by atoms with van der Waals surface area (Å²) in [5.74, 6) is -0.142. The average molecular weight is 589 g/mol. The molecule has 0 aliphatic carbocycles. The van der Waals surface area contributed by atoms with E-state index in [0.29, 0.717) is 50.5 Å². The van der Waals surface area contributed by atoms with E-state index in [9.17, 15) is 14.7 Å². The van der Waals surface area contributed by atoms with E-state index in [1.54, 1.807) is 73.2 Å². The second-order valence-corrected chi connectivity index (χ2v) is 11.0. The van der Waals surface area contributed by atoms with Crippen LogP contribution in [0.15, 0.2) is 103 Å². The summed E-state index contributed by atoms with van der Waals surface area (Å²) in [7, 11) is 1.58. The number of amides is 1. The highest BCUT2D eigenvalue weighted by Gasteiger charge is 2.48. The van der Waals surface area contributed by atoms with Gasteiger partial charge in [0.1, 0.15) is 28.6 Å². The summed E-state index contributed by atoms with van der Waals surface area (Å²) < 4.78 is 13.9. The van der Waals surface area contributed by atoms with Gasteiger partial charge in [0.15, 0.2) is 10.9 Å². The Morgan fingerprint density at radius 3 is 2.49 bits per heavy atom. The fourth-order valence-corrected chi connectivity index (χ4v) is 6.39. The van der Waals surface area contributed by atoms with Gasteiger partial charge >= 0.3 is 5.91 Å². The monoisotopic (exact) mass is 588 g/mol. The fraction of sp³-hybridized carbons (Fsp3) is 0.0909. The lowest BCUT2D eigenvalue weighted by atomic mass is 9.96. The van der Waals surface area contributed by atoms with Gasteiger partial charge in [-0.25, -0.2) is 9.97 Å². The minimum Gasteiger partial charge on any atom is -0.505 e. The van der Waals surface area contributed by atoms with Crippen molar-refractivity contribution in [2.24, 2.45) is 0 Å². The molecule has 3 aromatic heterocycles. The fourth-order valence-electron chi connectivity index (χ4n) is 5.37. The summed E-state index contributed by atoms with van der Waals surface area (Å²) in [5, 5.41) is 12.2. The lowest BCUT2D eigenvalue weighted by Gasteiger charge is -2.23. The first kappa shape index (κ1) is 26.4. The van der Waals surface area contributed by atoms with Crippen molar-refractivity contribution in [3.63, 3.8) is 0 Å². The molecule has 1 aliphatic heterocycles. The van der Waals surface area contributed by atoms with Crippen LogP contribution in [-0.4, -0.2) is 38.3 Å². The molecule has 7 rings (SSSR count). The molecule has 1 saturated heterocycles. The normalized spacial score (nSPS) is 16.3. The molecule has 1 aliphatic rings. The molecule has 0 bridgehead atoms. The van der Waals surface area contributed by atoms with E-state index in [-0.39, 0.29) is 11.3 Å². The third kappa shape index (κ3) is 4.48. The first-order valence-electron chi connectivity index (χ1n) is 13.5. The van der Waals surface area contributed by atoms with Crippen LogP contribution >= 0.6 is 11.3 Å². The Bertz CT molecular complexity index is 2080. The number of Topliss-reactive ketones (excluding diaryl/α,β-unsaturated/α-hetero) is 1. The molecule has 1 amide bonds. The Morgan fingerprint density at radius 2 is 1.67 bits per heavy atom. The molecule has 4 heterocycles. The molecule has 43 heavy (non-hydrogen) atoms. The zero-order chi connectivity index (χ0) is 29.7. The number of ether oxygens (including phenoxy) is 2. The standard InChI is InChI=1S/C33H24N4O5S/c1-19-28(36-16-7-6-13-26(36)34-19)30(38)27-29(20-9-8-12-23(17-20)42-21-10-4-3-5-11-21)37(32(40)31(27)39)33-35-24-15-14-22(41-2)18-25(24)43-33/h3-18,29,38H,1-2H3. The number of methoxy groups -OCH3 is 1. The maximum absolute atomic E-state index is 13.8. The minimum atomic E-state index is -0.990. The highest BCUT2D eigenvalue weighted by Crippen LogP contribution is 2.45. The van der Waals surface area contributed by atoms with E-state index in [4.69, 9.17) is 14.5 Å². The van der Waals surface area contributed by atoms with Crippen LogP contribution in [-0.2, 0) is 9.59 Å². The molecule has 10 heteroatoms. The third-order valence-corrected chi connectivity index (χ3v) is 8.33. The number of pyridine rings is 1. The van der Waals surface area contributed by atoms with Crippen LogP contribution < -0.4 is 14.4 Å². The Hall–Kier alpha value is -5.48. The topological polar surface area (TPSA) is 106 Å². The zero-order valence-corrected chi connectivity index (χ0v) is 23.9. The van der Waals surface area contributed by atoms with Gasteiger partial charge in [-0.2, -0.15) is 0 Å². The maximum Gasteiger partial charge on any atom is 0.301 e. The van der Waals surface area contributed by atoms with Crippen LogP contribution in [0.3, 0.4) is 0 Å². The Kier molecular flexibility index (Phi) is 6.40. The van der Waals surface area contributed by atoms with Crippen molar-refractivity contribution in [3.05, 3.63) is 120 Å². The second kappa shape index (κ2) is 10.4. The van der Waals surface area contributed by atoms with Crippen LogP contribution in [0.4, 0.5) is 5.13 Å². The van der Waals surface area contributed by atoms with Crippen molar-refractivity contribution < 1.29 is 24.2 Å². The summed E-state index contributed by atoms with van der Waals surface area (Å²) in [5.41, 5.74) is 2.61. The number of thiazole rings is 1. The number of aliphatic hydroxyl groups excluding tert-OH is 1. The number of carbonyl (C=O) groups is 2. The number of anilines is 1. The predicted octanol–water partition coefficient (Wildman–Crippen LogP) is 6.68. The lowest BCUT2D eigenvalue weighted by Crippen LogP contribution is -2.29. The van der Waals surface area contributed by atoms with Crippen LogP contribution in [0.1, 0.15) is 23.0 Å². The van der Waals surface area contributed by atoms with Crippen molar-refractivity contribution in [2.45, 2.75) is 13.0 Å². The highest BCUT2D eigenvalue weighted by atomic mass is 32.1. The van der Waals surface area contributed by atoms with Gasteiger partial charge in [0.05, 0.1) is 34.6 Å². The van der Waals surface area contributed by atoms with Gasteiger partial charge in [-0.15, -0.1) is 0 Å². The number of carbonyl (C=O) groups excluding carboxylic acids is 2. The molecule has 3 aromatic carbocycles. The molecule has 9 nitrogen and oxygen atoms in total. The number of rotatable bonds is 6. The molecular weight excluding hydrogens is 564 g/mol. The third-order valence-electron chi connectivity index (χ3n) is 7.32. The van der Waals surface area contributed by atoms with Crippen molar-refractivity contribution in [1.82, 2.24) is 14.4 Å². The molecule has 1 unspecified atom stereocenters. The van der Waals surface area contributed by atoms with Gasteiger partial charge in [0.2, 0.25) is 0 Å². The summed E-state index contributed by atoms with van der Waals surface area (Å²) in [6, 6.07) is 26.3. The van der Waals surface area contributed by atoms with Crippen molar-refractivity contribution in [1.29, 1.82) is 0 Å². The van der Waals surface area contributed by atoms with Crippen LogP contribution in [0.5, 0.6) is 17.2 Å². The highest BCUT2D eigenvalue weighted by molar-refractivity contribution is 7.22. The summed E-state index contributed by atoms with van der Waals surface area (Å²) in [4.78, 5) is 38.3. The van der Waals surface area contributed by atoms with E-state index >= 15 is 0 Å². The summed E-state index contributed by atoms with van der Waals surface area (Å²) in [6.45, 7) is 1.75. The second-order valence-electron chi connectivity index (χ2n) is 9.96. The minimum absolute atomic E-state index is 0.0625. The van der Waals surface area contributed by atoms with Gasteiger partial charge in [-0.3, -0.25) is 18.9 Å². The van der Waals surface area contributed by atoms with Gasteiger partial charge in [-0.05, 0) is 67.1 Å². The molecule has 1 atom stereocenters. The molecule has 0 spiro atoms. The first-order chi connectivity index (χ1) is 20.9. The van der Waals surface area contributed by atoms with Crippen LogP contribution in [0.2, 0.25) is 0 Å². The lowest BCUT2D eigenvalue weighted by molar-refractivity contribution is -0.132. The van der Waals surface area contributed by atoms with Crippen molar-refractivity contribution in [2.75, 3.05) is 12.0 Å². The SMILES string of the molecule is COc1ccc2nc(N3C(=O)C(=O)C(=C(O)c4c(C)nc5ccccn45)C3c3cccc(Oc4ccccc4)c3)sc2c1. The molecule has 1 N–H and O–H groups in total. The maximum atomic E-state index is 13.8. The van der Waals surface area contributed by atoms with Gasteiger partial charge < -0.3 is 14.6 Å². The van der Waals surface area contributed by atoms with E-state index in [1.165, 1.54) is 16.2 Å². The average Bonchev–Trinajstić information content (AvgIpc) is 3.67. The van der Waals surface area contributed by atoms with Gasteiger partial charge in [-0.1, -0.05) is 47.7 Å². The number of aromatic nitrogens is 3. The van der Waals surface area contributed by atoms with E-state index in [0.717, 1.165) is 4.70 Å². The number of hydrogen-bond acceptors (Lipinski definition) is 8. The van der Waals surface area contributed by atoms with Crippen LogP contribution in [0, 0.1) is 6.92 Å². The van der Waals surface area contributed by atoms with Crippen molar-refractivity contribution in [3.8, 4) is 17.2 Å². The number of aliphatic hydroxyl groups is 1. The van der Waals surface area contributed by atoms with Gasteiger partial charge in [0, 0.05) is 6.20 Å². The van der Waals surface area contributed by atoms with Crippen LogP contribution in [0.25, 0.3) is 21.6 Å². The smallest absolute Gasteiger partial charge is 0.301 e. The molecule has 1 fully saturated rings. The number of hydrogen-bond donors (Lipinski definition) is 1. The van der Waals surface area contributed by atoms with E-state index in [1.807, 2.05) is 42.5 Å². The summed E-state index contributed by atoms with van der Waals surface area (Å²) >= 11 is 1.26. The molecule has 0 radical (unpaired) electrons. The predicted molar refractivity (Wildman–Crippen MR) is 164 cm³/mol. The Labute approximate surface area is 249 Å². The number of para-hydroxylation sites is 1. The molecular formula is C33H24N4O5S. The summed E-state index contributed by atoms with van der Waals surface area (Å²) in [6.07, 6.45) is 1.75. The zero-order valence-electron chi connectivity index (χ0n) is 23.1. The Balaban J connectivity index is 1.43. The first-order valence-corrected chi connectivity index (χ1v) is 14.3. The largest absolute Gasteiger partial charge is 0.505 e. The quantitative estimate of drug-likeness (QED) is 0.131. The molecule has 212 valence electrons. The van der Waals surface area contributed by atoms with E-state index < -0.39 is 17.7 Å². The molecule has 0 saturated carbocycles. The number of fused-ring (bicyclic) bond motifs is 2. The van der Waals surface area contributed by atoms with E-state index in [2.05, 4.69) is 4.98 Å². The number of benzene rings is 3. The van der Waals surface area contributed by atoms with Crippen molar-refractivity contribution >= 4 is 49.8 Å².